The molecule has 0 fully saturated rings. The number of carbonyl (C=O) groups excluding carboxylic acids is 1. The maximum Gasteiger partial charge on any atom is 0.337 e. The van der Waals surface area contributed by atoms with E-state index in [0.717, 1.165) is 0 Å². The minimum absolute atomic E-state index is 0.0668. The molecule has 0 heterocycles. The van der Waals surface area contributed by atoms with Crippen LogP contribution in [0.4, 0.5) is 0 Å². The molecule has 0 spiro atoms. The molecule has 0 aromatic heterocycles. The predicted octanol–water partition coefficient (Wildman–Crippen LogP) is 0.854. The summed E-state index contributed by atoms with van der Waals surface area (Å²) in [7, 11) is 1.24. The molecule has 0 N–H and O–H groups in total. The third kappa shape index (κ3) is 2.14. The lowest BCUT2D eigenvalue weighted by Gasteiger charge is -2.05. The second-order valence-corrected chi connectivity index (χ2v) is 2.42. The van der Waals surface area contributed by atoms with E-state index in [0.29, 0.717) is 6.42 Å². The van der Waals surface area contributed by atoms with E-state index < -0.39 is 10.9 Å². The molecule has 0 saturated heterocycles. The van der Waals surface area contributed by atoms with Crippen LogP contribution in [0.2, 0.25) is 0 Å². The van der Waals surface area contributed by atoms with E-state index in [1.165, 1.54) is 19.6 Å². The summed E-state index contributed by atoms with van der Waals surface area (Å²) in [5.74, 6) is -0.549. The van der Waals surface area contributed by atoms with Crippen molar-refractivity contribution in [2.75, 3.05) is 7.11 Å². The molecular formula is C8H8NO4. The van der Waals surface area contributed by atoms with Gasteiger partial charge in [0.2, 0.25) is 0 Å². The second-order valence-electron chi connectivity index (χ2n) is 2.42. The summed E-state index contributed by atoms with van der Waals surface area (Å²) in [6, 6.07) is 0. The molecule has 5 heteroatoms. The molecule has 0 saturated carbocycles. The van der Waals surface area contributed by atoms with Gasteiger partial charge in [0.25, 0.3) is 5.70 Å². The third-order valence-electron chi connectivity index (χ3n) is 1.60. The minimum Gasteiger partial charge on any atom is -0.465 e. The number of nitro groups is 1. The number of hydrogen-bond donors (Lipinski definition) is 0. The van der Waals surface area contributed by atoms with Crippen LogP contribution in [0.15, 0.2) is 23.4 Å². The number of nitrogens with zero attached hydrogens (tertiary/aromatic N) is 1. The van der Waals surface area contributed by atoms with Gasteiger partial charge >= 0.3 is 5.97 Å². The van der Waals surface area contributed by atoms with Crippen LogP contribution in [0.5, 0.6) is 0 Å². The fourth-order valence-corrected chi connectivity index (χ4v) is 0.971. The van der Waals surface area contributed by atoms with E-state index in [9.17, 15) is 14.9 Å². The molecule has 69 valence electrons. The zero-order valence-corrected chi connectivity index (χ0v) is 7.02. The Kier molecular flexibility index (Phi) is 2.79. The summed E-state index contributed by atoms with van der Waals surface area (Å²) >= 11 is 0. The van der Waals surface area contributed by atoms with Crippen LogP contribution in [-0.2, 0) is 9.53 Å². The predicted molar refractivity (Wildman–Crippen MR) is 44.1 cm³/mol. The lowest BCUT2D eigenvalue weighted by molar-refractivity contribution is -0.421. The first-order valence-corrected chi connectivity index (χ1v) is 3.63. The third-order valence-corrected chi connectivity index (χ3v) is 1.60. The molecule has 13 heavy (non-hydrogen) atoms. The standard InChI is InChI=1S/C8H8NO4/c1-13-8(10)6-3-2-4-7(5-6)9(11)12/h3-5H,2H2,1H3. The molecular weight excluding hydrogens is 174 g/mol. The van der Waals surface area contributed by atoms with Crippen molar-refractivity contribution in [3.8, 4) is 0 Å². The van der Waals surface area contributed by atoms with E-state index in [-0.39, 0.29) is 11.3 Å². The average molecular weight is 182 g/mol. The second kappa shape index (κ2) is 3.84. The van der Waals surface area contributed by atoms with Crippen molar-refractivity contribution in [1.29, 1.82) is 0 Å². The van der Waals surface area contributed by atoms with Crippen LogP contribution in [0.1, 0.15) is 6.42 Å². The highest BCUT2D eigenvalue weighted by atomic mass is 16.6. The molecule has 0 aliphatic heterocycles. The van der Waals surface area contributed by atoms with Gasteiger partial charge in [-0.2, -0.15) is 0 Å². The number of rotatable bonds is 2. The zero-order valence-electron chi connectivity index (χ0n) is 7.02. The van der Waals surface area contributed by atoms with E-state index in [4.69, 9.17) is 0 Å². The van der Waals surface area contributed by atoms with Crippen LogP contribution in [0, 0.1) is 16.5 Å². The van der Waals surface area contributed by atoms with E-state index >= 15 is 0 Å². The summed E-state index contributed by atoms with van der Waals surface area (Å²) in [6.45, 7) is 0. The van der Waals surface area contributed by atoms with Gasteiger partial charge in [0.15, 0.2) is 0 Å². The molecule has 5 nitrogen and oxygen atoms in total. The normalized spacial score (nSPS) is 15.8. The highest BCUT2D eigenvalue weighted by Crippen LogP contribution is 2.17. The van der Waals surface area contributed by atoms with Gasteiger partial charge in [-0.15, -0.1) is 0 Å². The zero-order chi connectivity index (χ0) is 9.84. The molecule has 0 atom stereocenters. The Labute approximate surface area is 74.8 Å². The van der Waals surface area contributed by atoms with Crippen molar-refractivity contribution < 1.29 is 14.5 Å². The van der Waals surface area contributed by atoms with E-state index in [1.807, 2.05) is 0 Å². The van der Waals surface area contributed by atoms with Gasteiger partial charge in [0, 0.05) is 6.08 Å². The highest BCUT2D eigenvalue weighted by molar-refractivity contribution is 5.91. The quantitative estimate of drug-likeness (QED) is 0.360. The topological polar surface area (TPSA) is 69.4 Å². The fourth-order valence-electron chi connectivity index (χ4n) is 0.971. The summed E-state index contributed by atoms with van der Waals surface area (Å²) < 4.78 is 4.43. The molecule has 0 unspecified atom stereocenters. The number of ether oxygens (including phenoxy) is 1. The SMILES string of the molecule is COC(=O)C1=CC[CH]C([N+](=O)[O-])=C1. The Balaban J connectivity index is 2.84. The maximum absolute atomic E-state index is 11.0. The molecule has 0 bridgehead atoms. The van der Waals surface area contributed by atoms with Gasteiger partial charge in [-0.1, -0.05) is 6.08 Å². The average Bonchev–Trinajstić information content (AvgIpc) is 2.17. The van der Waals surface area contributed by atoms with Crippen LogP contribution in [-0.4, -0.2) is 18.0 Å². The molecule has 0 aromatic carbocycles. The van der Waals surface area contributed by atoms with Crippen molar-refractivity contribution >= 4 is 5.97 Å². The van der Waals surface area contributed by atoms with Gasteiger partial charge in [-0.25, -0.2) is 4.79 Å². The number of carbonyl (C=O) groups is 1. The van der Waals surface area contributed by atoms with Gasteiger partial charge < -0.3 is 4.74 Å². The molecule has 1 rings (SSSR count). The molecule has 0 amide bonds. The summed E-state index contributed by atoms with van der Waals surface area (Å²) in [4.78, 5) is 20.8. The summed E-state index contributed by atoms with van der Waals surface area (Å²) in [6.07, 6.45) is 4.61. The van der Waals surface area contributed by atoms with Crippen LogP contribution in [0.25, 0.3) is 0 Å². The Bertz CT molecular complexity index is 303. The highest BCUT2D eigenvalue weighted by Gasteiger charge is 2.19. The van der Waals surface area contributed by atoms with Gasteiger partial charge in [-0.05, 0) is 6.42 Å². The van der Waals surface area contributed by atoms with Gasteiger partial charge in [0.05, 0.1) is 24.0 Å². The van der Waals surface area contributed by atoms with Crippen molar-refractivity contribution in [3.05, 3.63) is 40.0 Å². The lowest BCUT2D eigenvalue weighted by atomic mass is 10.0. The first kappa shape index (κ1) is 9.44. The van der Waals surface area contributed by atoms with Crippen molar-refractivity contribution in [1.82, 2.24) is 0 Å². The van der Waals surface area contributed by atoms with Crippen molar-refractivity contribution in [2.24, 2.45) is 0 Å². The largest absolute Gasteiger partial charge is 0.465 e. The van der Waals surface area contributed by atoms with Crippen molar-refractivity contribution in [2.45, 2.75) is 6.42 Å². The van der Waals surface area contributed by atoms with Crippen molar-refractivity contribution in [3.63, 3.8) is 0 Å². The minimum atomic E-state index is -0.549. The maximum atomic E-state index is 11.0. The van der Waals surface area contributed by atoms with Gasteiger partial charge in [-0.3, -0.25) is 10.1 Å². The molecule has 1 aliphatic carbocycles. The number of allylic oxidation sites excluding steroid dienone is 2. The molecule has 0 aromatic rings. The molecule has 1 radical (unpaired) electrons. The summed E-state index contributed by atoms with van der Waals surface area (Å²) in [5, 5.41) is 10.3. The number of methoxy groups -OCH3 is 1. The Morgan fingerprint density at radius 3 is 2.92 bits per heavy atom. The van der Waals surface area contributed by atoms with Crippen LogP contribution < -0.4 is 0 Å². The fraction of sp³-hybridized carbons (Fsp3) is 0.250. The first-order valence-electron chi connectivity index (χ1n) is 3.63. The van der Waals surface area contributed by atoms with Crippen LogP contribution in [0.3, 0.4) is 0 Å². The van der Waals surface area contributed by atoms with Crippen LogP contribution >= 0.6 is 0 Å². The lowest BCUT2D eigenvalue weighted by Crippen LogP contribution is -2.09. The summed E-state index contributed by atoms with van der Waals surface area (Å²) in [5.41, 5.74) is 0.166. The Morgan fingerprint density at radius 2 is 2.38 bits per heavy atom. The number of hydrogen-bond acceptors (Lipinski definition) is 4. The van der Waals surface area contributed by atoms with E-state index in [2.05, 4.69) is 4.74 Å². The number of esters is 1. The monoisotopic (exact) mass is 182 g/mol. The Morgan fingerprint density at radius 1 is 1.69 bits per heavy atom. The van der Waals surface area contributed by atoms with E-state index in [1.54, 1.807) is 6.08 Å². The first-order chi connectivity index (χ1) is 6.15. The molecule has 1 aliphatic rings. The smallest absolute Gasteiger partial charge is 0.337 e. The van der Waals surface area contributed by atoms with Gasteiger partial charge in [0.1, 0.15) is 0 Å². The Hall–Kier alpha value is -1.65.